The van der Waals surface area contributed by atoms with Gasteiger partial charge < -0.3 is 14.6 Å². The minimum Gasteiger partial charge on any atom is -0.490 e. The number of carbonyl (C=O) groups is 1. The molecule has 0 aliphatic carbocycles. The Bertz CT molecular complexity index is 1150. The third kappa shape index (κ3) is 4.59. The number of thioether (sulfide) groups is 1. The highest BCUT2D eigenvalue weighted by Gasteiger charge is 2.20. The summed E-state index contributed by atoms with van der Waals surface area (Å²) in [4.78, 5) is 28.5. The van der Waals surface area contributed by atoms with Gasteiger partial charge in [-0.05, 0) is 29.7 Å². The van der Waals surface area contributed by atoms with E-state index in [0.717, 1.165) is 17.5 Å². The number of nitrogens with zero attached hydrogens (tertiary/aromatic N) is 2. The average molecular weight is 438 g/mol. The van der Waals surface area contributed by atoms with Gasteiger partial charge in [0.2, 0.25) is 5.91 Å². The van der Waals surface area contributed by atoms with Crippen LogP contribution in [-0.4, -0.2) is 46.7 Å². The standard InChI is InChI=1S/C23H23N3O4S/c1-30-22-7-6-16(12-21(22)26(28)29)14-31-15-23(27)25-10-8-17(9-11-25)19-13-24-20-5-3-2-4-18(19)20/h2-8,12-13,24H,9-11,14-15H2,1H3. The number of benzene rings is 2. The number of nitro groups is 1. The second kappa shape index (κ2) is 9.26. The van der Waals surface area contributed by atoms with Crippen molar-refractivity contribution in [1.82, 2.24) is 9.88 Å². The Morgan fingerprint density at radius 2 is 2.13 bits per heavy atom. The topological polar surface area (TPSA) is 88.5 Å². The highest BCUT2D eigenvalue weighted by atomic mass is 32.2. The quantitative estimate of drug-likeness (QED) is 0.430. The molecule has 0 fully saturated rings. The van der Waals surface area contributed by atoms with Crippen LogP contribution in [0, 0.1) is 10.1 Å². The molecule has 4 rings (SSSR count). The van der Waals surface area contributed by atoms with Crippen molar-refractivity contribution in [2.75, 3.05) is 26.0 Å². The number of H-pyrrole nitrogens is 1. The van der Waals surface area contributed by atoms with E-state index in [1.165, 1.54) is 41.5 Å². The number of aromatic nitrogens is 1. The number of aromatic amines is 1. The second-order valence-electron chi connectivity index (χ2n) is 7.32. The molecule has 0 bridgehead atoms. The summed E-state index contributed by atoms with van der Waals surface area (Å²) in [5.41, 5.74) is 4.33. The first kappa shape index (κ1) is 21.0. The third-order valence-corrected chi connectivity index (χ3v) is 6.42. The van der Waals surface area contributed by atoms with Crippen LogP contribution in [0.3, 0.4) is 0 Å². The minimum absolute atomic E-state index is 0.0575. The van der Waals surface area contributed by atoms with Crippen LogP contribution in [0.15, 0.2) is 54.7 Å². The van der Waals surface area contributed by atoms with Gasteiger partial charge in [-0.25, -0.2) is 0 Å². The van der Waals surface area contributed by atoms with Crippen LogP contribution in [0.5, 0.6) is 5.75 Å². The lowest BCUT2D eigenvalue weighted by atomic mass is 9.99. The summed E-state index contributed by atoms with van der Waals surface area (Å²) >= 11 is 1.46. The number of methoxy groups -OCH3 is 1. The number of amides is 1. The molecule has 31 heavy (non-hydrogen) atoms. The van der Waals surface area contributed by atoms with Gasteiger partial charge in [-0.3, -0.25) is 14.9 Å². The summed E-state index contributed by atoms with van der Waals surface area (Å²) in [6, 6.07) is 13.1. The van der Waals surface area contributed by atoms with Crippen LogP contribution in [0.4, 0.5) is 5.69 Å². The van der Waals surface area contributed by atoms with Crippen LogP contribution in [0.1, 0.15) is 17.5 Å². The van der Waals surface area contributed by atoms with Gasteiger partial charge in [-0.2, -0.15) is 0 Å². The molecule has 7 nitrogen and oxygen atoms in total. The molecule has 0 radical (unpaired) electrons. The number of hydrogen-bond donors (Lipinski definition) is 1. The zero-order valence-electron chi connectivity index (χ0n) is 17.2. The van der Waals surface area contributed by atoms with Crippen LogP contribution < -0.4 is 4.74 Å². The molecule has 1 amide bonds. The van der Waals surface area contributed by atoms with E-state index in [9.17, 15) is 14.9 Å². The number of nitro benzene ring substituents is 1. The van der Waals surface area contributed by atoms with Crippen molar-refractivity contribution in [1.29, 1.82) is 0 Å². The normalized spacial score (nSPS) is 13.8. The molecule has 0 unspecified atom stereocenters. The third-order valence-electron chi connectivity index (χ3n) is 5.43. The lowest BCUT2D eigenvalue weighted by Crippen LogP contribution is -2.35. The highest BCUT2D eigenvalue weighted by Crippen LogP contribution is 2.30. The Balaban J connectivity index is 1.32. The predicted molar refractivity (Wildman–Crippen MR) is 123 cm³/mol. The molecule has 160 valence electrons. The number of hydrogen-bond acceptors (Lipinski definition) is 5. The fourth-order valence-electron chi connectivity index (χ4n) is 3.79. The molecule has 2 heterocycles. The minimum atomic E-state index is -0.455. The maximum absolute atomic E-state index is 12.6. The van der Waals surface area contributed by atoms with Gasteiger partial charge in [0.1, 0.15) is 0 Å². The van der Waals surface area contributed by atoms with Crippen molar-refractivity contribution < 1.29 is 14.5 Å². The van der Waals surface area contributed by atoms with Crippen molar-refractivity contribution in [3.05, 3.63) is 76.0 Å². The molecular formula is C23H23N3O4S. The van der Waals surface area contributed by atoms with Gasteiger partial charge in [0.05, 0.1) is 17.8 Å². The summed E-state index contributed by atoms with van der Waals surface area (Å²) in [6.07, 6.45) is 5.00. The van der Waals surface area contributed by atoms with Crippen molar-refractivity contribution in [2.45, 2.75) is 12.2 Å². The molecule has 1 N–H and O–H groups in total. The zero-order valence-corrected chi connectivity index (χ0v) is 18.0. The number of carbonyl (C=O) groups excluding carboxylic acids is 1. The molecule has 1 aliphatic heterocycles. The Morgan fingerprint density at radius 3 is 2.87 bits per heavy atom. The molecule has 0 saturated heterocycles. The van der Waals surface area contributed by atoms with Crippen molar-refractivity contribution in [3.8, 4) is 5.75 Å². The average Bonchev–Trinajstić information content (AvgIpc) is 3.23. The molecule has 8 heteroatoms. The van der Waals surface area contributed by atoms with Gasteiger partial charge in [0.15, 0.2) is 5.75 Å². The lowest BCUT2D eigenvalue weighted by molar-refractivity contribution is -0.385. The maximum atomic E-state index is 12.6. The fraction of sp³-hybridized carbons (Fsp3) is 0.261. The molecular weight excluding hydrogens is 414 g/mol. The fourth-order valence-corrected chi connectivity index (χ4v) is 4.67. The SMILES string of the molecule is COc1ccc(CSCC(=O)N2CC=C(c3c[nH]c4ccccc34)CC2)cc1[N+](=O)[O-]. The molecule has 3 aromatic rings. The molecule has 0 spiro atoms. The summed E-state index contributed by atoms with van der Waals surface area (Å²) < 4.78 is 5.03. The Labute approximate surface area is 184 Å². The molecule has 2 aromatic carbocycles. The monoisotopic (exact) mass is 437 g/mol. The number of fused-ring (bicyclic) bond motifs is 1. The first-order valence-electron chi connectivity index (χ1n) is 9.99. The van der Waals surface area contributed by atoms with E-state index < -0.39 is 4.92 Å². The van der Waals surface area contributed by atoms with Crippen LogP contribution >= 0.6 is 11.8 Å². The molecule has 0 atom stereocenters. The first-order chi connectivity index (χ1) is 15.1. The van der Waals surface area contributed by atoms with E-state index in [0.29, 0.717) is 24.6 Å². The van der Waals surface area contributed by atoms with Crippen molar-refractivity contribution in [2.24, 2.45) is 0 Å². The zero-order chi connectivity index (χ0) is 21.8. The van der Waals surface area contributed by atoms with Crippen LogP contribution in [0.2, 0.25) is 0 Å². The Kier molecular flexibility index (Phi) is 6.27. The number of nitrogens with one attached hydrogen (secondary N) is 1. The van der Waals surface area contributed by atoms with Crippen LogP contribution in [0.25, 0.3) is 16.5 Å². The number of para-hydroxylation sites is 1. The Hall–Kier alpha value is -3.26. The van der Waals surface area contributed by atoms with Crippen molar-refractivity contribution in [3.63, 3.8) is 0 Å². The largest absolute Gasteiger partial charge is 0.490 e. The predicted octanol–water partition coefficient (Wildman–Crippen LogP) is 4.63. The van der Waals surface area contributed by atoms with E-state index in [-0.39, 0.29) is 17.3 Å². The van der Waals surface area contributed by atoms with E-state index in [1.54, 1.807) is 12.1 Å². The number of ether oxygens (including phenoxy) is 1. The van der Waals surface area contributed by atoms with Gasteiger partial charge >= 0.3 is 5.69 Å². The maximum Gasteiger partial charge on any atom is 0.311 e. The van der Waals surface area contributed by atoms with Gasteiger partial charge in [0, 0.05) is 47.6 Å². The first-order valence-corrected chi connectivity index (χ1v) is 11.1. The summed E-state index contributed by atoms with van der Waals surface area (Å²) in [6.45, 7) is 1.29. The van der Waals surface area contributed by atoms with Gasteiger partial charge in [-0.15, -0.1) is 11.8 Å². The Morgan fingerprint density at radius 1 is 1.29 bits per heavy atom. The van der Waals surface area contributed by atoms with Gasteiger partial charge in [0.25, 0.3) is 0 Å². The number of rotatable bonds is 7. The lowest BCUT2D eigenvalue weighted by Gasteiger charge is -2.26. The molecule has 1 aromatic heterocycles. The second-order valence-corrected chi connectivity index (χ2v) is 8.31. The van der Waals surface area contributed by atoms with Crippen LogP contribution in [-0.2, 0) is 10.5 Å². The summed E-state index contributed by atoms with van der Waals surface area (Å²) in [5, 5.41) is 12.4. The highest BCUT2D eigenvalue weighted by molar-refractivity contribution is 7.99. The van der Waals surface area contributed by atoms with E-state index in [4.69, 9.17) is 4.74 Å². The van der Waals surface area contributed by atoms with E-state index >= 15 is 0 Å². The molecule has 1 aliphatic rings. The summed E-state index contributed by atoms with van der Waals surface area (Å²) in [5.74, 6) is 1.19. The van der Waals surface area contributed by atoms with E-state index in [2.05, 4.69) is 23.2 Å². The van der Waals surface area contributed by atoms with Crippen molar-refractivity contribution >= 4 is 39.8 Å². The van der Waals surface area contributed by atoms with E-state index in [1.807, 2.05) is 23.2 Å². The smallest absolute Gasteiger partial charge is 0.311 e. The van der Waals surface area contributed by atoms with Gasteiger partial charge in [-0.1, -0.05) is 30.3 Å². The summed E-state index contributed by atoms with van der Waals surface area (Å²) in [7, 11) is 1.41. The molecule has 0 saturated carbocycles.